The Bertz CT molecular complexity index is 1370. The van der Waals surface area contributed by atoms with Crippen LogP contribution in [-0.2, 0) is 39.9 Å². The van der Waals surface area contributed by atoms with E-state index >= 15 is 0 Å². The third-order valence-corrected chi connectivity index (χ3v) is 7.76. The first-order valence-electron chi connectivity index (χ1n) is 11.1. The molecule has 35 heavy (non-hydrogen) atoms. The number of aromatic amines is 1. The topological polar surface area (TPSA) is 134 Å². The number of hydrogen-bond donors (Lipinski definition) is 3. The molecule has 2 heterocycles. The molecule has 1 aliphatic heterocycles. The number of ether oxygens (including phenoxy) is 1. The number of nitrogens with zero attached hydrogens (tertiary/aromatic N) is 2. The fraction of sp³-hybridized carbons (Fsp3) is 0.333. The first kappa shape index (κ1) is 24.7. The van der Waals surface area contributed by atoms with Crippen LogP contribution in [0.3, 0.4) is 0 Å². The van der Waals surface area contributed by atoms with E-state index in [-0.39, 0.29) is 29.0 Å². The van der Waals surface area contributed by atoms with Gasteiger partial charge in [0.15, 0.2) is 0 Å². The zero-order valence-electron chi connectivity index (χ0n) is 19.7. The second-order valence-corrected chi connectivity index (χ2v) is 11.3. The van der Waals surface area contributed by atoms with Gasteiger partial charge in [-0.2, -0.15) is 4.31 Å². The van der Waals surface area contributed by atoms with Gasteiger partial charge in [-0.15, -0.1) is 0 Å². The maximum Gasteiger partial charge on any atom is 0.271 e. The van der Waals surface area contributed by atoms with Crippen LogP contribution in [0.2, 0.25) is 0 Å². The lowest BCUT2D eigenvalue weighted by Crippen LogP contribution is -2.52. The molecule has 4 rings (SSSR count). The van der Waals surface area contributed by atoms with Gasteiger partial charge >= 0.3 is 0 Å². The van der Waals surface area contributed by atoms with Crippen molar-refractivity contribution in [3.63, 3.8) is 0 Å². The molecule has 1 atom stereocenters. The number of carbonyl (C=O) groups is 1. The molecule has 0 aliphatic carbocycles. The summed E-state index contributed by atoms with van der Waals surface area (Å²) in [5.74, 6) is -0.400. The van der Waals surface area contributed by atoms with Gasteiger partial charge in [0.05, 0.1) is 16.0 Å². The van der Waals surface area contributed by atoms with Crippen molar-refractivity contribution in [1.29, 1.82) is 0 Å². The number of fused-ring (bicyclic) bond motifs is 1. The molecule has 0 bridgehead atoms. The van der Waals surface area contributed by atoms with E-state index in [1.807, 2.05) is 51.1 Å². The average Bonchev–Trinajstić information content (AvgIpc) is 3.18. The van der Waals surface area contributed by atoms with Gasteiger partial charge in [0.25, 0.3) is 11.5 Å². The maximum atomic E-state index is 13.5. The molecule has 11 heteroatoms. The number of aromatic nitrogens is 2. The van der Waals surface area contributed by atoms with Crippen LogP contribution in [0.1, 0.15) is 37.6 Å². The molecule has 0 radical (unpaired) electrons. The lowest BCUT2D eigenvalue weighted by Gasteiger charge is -2.32. The first-order valence-corrected chi connectivity index (χ1v) is 12.5. The molecule has 1 aliphatic rings. The van der Waals surface area contributed by atoms with E-state index < -0.39 is 27.5 Å². The fourth-order valence-corrected chi connectivity index (χ4v) is 5.57. The minimum atomic E-state index is -4.19. The normalized spacial score (nSPS) is 16.5. The smallest absolute Gasteiger partial charge is 0.271 e. The second kappa shape index (κ2) is 9.33. The summed E-state index contributed by atoms with van der Waals surface area (Å²) in [5, 5.41) is 12.3. The summed E-state index contributed by atoms with van der Waals surface area (Å²) >= 11 is 0. The van der Waals surface area contributed by atoms with Crippen molar-refractivity contribution in [2.45, 2.75) is 56.8 Å². The Hall–Kier alpha value is -3.41. The number of H-pyrrole nitrogens is 1. The molecule has 2 aromatic carbocycles. The molecule has 3 N–H and O–H groups in total. The summed E-state index contributed by atoms with van der Waals surface area (Å²) < 4.78 is 35.2. The lowest BCUT2D eigenvalue weighted by atomic mass is 10.0. The van der Waals surface area contributed by atoms with Crippen LogP contribution in [0.25, 0.3) is 0 Å². The number of benzene rings is 2. The van der Waals surface area contributed by atoms with Crippen LogP contribution in [0.4, 0.5) is 0 Å². The van der Waals surface area contributed by atoms with Gasteiger partial charge in [-0.3, -0.25) is 19.9 Å². The van der Waals surface area contributed by atoms with Crippen molar-refractivity contribution in [3.8, 4) is 5.75 Å². The average molecular weight is 501 g/mol. The minimum Gasteiger partial charge on any atom is -0.489 e. The molecular formula is C24H28N4O6S. The predicted molar refractivity (Wildman–Crippen MR) is 127 cm³/mol. The summed E-state index contributed by atoms with van der Waals surface area (Å²) in [6.45, 7) is 5.53. The number of hydroxylamine groups is 1. The minimum absolute atomic E-state index is 0.0598. The monoisotopic (exact) mass is 500 g/mol. The molecule has 0 saturated carbocycles. The Balaban J connectivity index is 1.63. The van der Waals surface area contributed by atoms with E-state index in [1.165, 1.54) is 28.9 Å². The largest absolute Gasteiger partial charge is 0.489 e. The van der Waals surface area contributed by atoms with Crippen molar-refractivity contribution in [3.05, 3.63) is 81.8 Å². The highest BCUT2D eigenvalue weighted by molar-refractivity contribution is 7.89. The fourth-order valence-electron chi connectivity index (χ4n) is 4.02. The van der Waals surface area contributed by atoms with Gasteiger partial charge < -0.3 is 4.74 Å². The van der Waals surface area contributed by atoms with Gasteiger partial charge in [-0.05, 0) is 50.6 Å². The first-order chi connectivity index (χ1) is 16.5. The summed E-state index contributed by atoms with van der Waals surface area (Å²) in [7, 11) is -4.19. The molecule has 0 spiro atoms. The number of rotatable bonds is 6. The van der Waals surface area contributed by atoms with E-state index in [9.17, 15) is 23.2 Å². The molecule has 0 saturated heterocycles. The lowest BCUT2D eigenvalue weighted by molar-refractivity contribution is -0.133. The van der Waals surface area contributed by atoms with Crippen molar-refractivity contribution in [2.75, 3.05) is 0 Å². The summed E-state index contributed by atoms with van der Waals surface area (Å²) in [6.07, 6.45) is -0.0858. The quantitative estimate of drug-likeness (QED) is 0.351. The van der Waals surface area contributed by atoms with Crippen molar-refractivity contribution >= 4 is 15.9 Å². The zero-order valence-corrected chi connectivity index (χ0v) is 20.5. The summed E-state index contributed by atoms with van der Waals surface area (Å²) in [4.78, 5) is 25.4. The number of hydrogen-bond acceptors (Lipinski definition) is 6. The van der Waals surface area contributed by atoms with Gasteiger partial charge in [0, 0.05) is 18.7 Å². The highest BCUT2D eigenvalue weighted by Gasteiger charge is 2.42. The van der Waals surface area contributed by atoms with E-state index in [0.717, 1.165) is 9.87 Å². The highest BCUT2D eigenvalue weighted by Crippen LogP contribution is 2.29. The SMILES string of the molecule is CC(C)(C)n1[nH]c2c(c1=O)CN(S(=O)(=O)c1ccc(OCc3ccccc3)cc1)[C@@H](C(=O)NO)C2. The van der Waals surface area contributed by atoms with E-state index in [0.29, 0.717) is 18.1 Å². The van der Waals surface area contributed by atoms with Crippen LogP contribution in [-0.4, -0.2) is 39.7 Å². The Morgan fingerprint density at radius 1 is 1.14 bits per heavy atom. The van der Waals surface area contributed by atoms with E-state index in [1.54, 1.807) is 5.48 Å². The second-order valence-electron chi connectivity index (χ2n) is 9.37. The van der Waals surface area contributed by atoms with Gasteiger partial charge in [-0.1, -0.05) is 30.3 Å². The Kier molecular flexibility index (Phi) is 6.58. The molecule has 1 amide bonds. The number of carbonyl (C=O) groups excluding carboxylic acids is 1. The Morgan fingerprint density at radius 2 is 1.80 bits per heavy atom. The van der Waals surface area contributed by atoms with Crippen LogP contribution >= 0.6 is 0 Å². The Morgan fingerprint density at radius 3 is 2.40 bits per heavy atom. The van der Waals surface area contributed by atoms with Crippen LogP contribution in [0.5, 0.6) is 5.75 Å². The third kappa shape index (κ3) is 4.88. The number of amides is 1. The van der Waals surface area contributed by atoms with Crippen molar-refractivity contribution < 1.29 is 23.2 Å². The summed E-state index contributed by atoms with van der Waals surface area (Å²) in [6, 6.07) is 14.2. The number of sulfonamides is 1. The number of nitrogens with one attached hydrogen (secondary N) is 2. The van der Waals surface area contributed by atoms with E-state index in [2.05, 4.69) is 5.10 Å². The van der Waals surface area contributed by atoms with Crippen LogP contribution < -0.4 is 15.8 Å². The summed E-state index contributed by atoms with van der Waals surface area (Å²) in [5.41, 5.74) is 2.34. The third-order valence-electron chi connectivity index (χ3n) is 5.89. The van der Waals surface area contributed by atoms with Crippen molar-refractivity contribution in [2.24, 2.45) is 0 Å². The van der Waals surface area contributed by atoms with Crippen LogP contribution in [0, 0.1) is 0 Å². The molecule has 10 nitrogen and oxygen atoms in total. The molecule has 3 aromatic rings. The van der Waals surface area contributed by atoms with E-state index in [4.69, 9.17) is 4.74 Å². The predicted octanol–water partition coefficient (Wildman–Crippen LogP) is 2.13. The molecule has 0 fully saturated rings. The van der Waals surface area contributed by atoms with Crippen molar-refractivity contribution in [1.82, 2.24) is 19.6 Å². The highest BCUT2D eigenvalue weighted by atomic mass is 32.2. The Labute approximate surface area is 203 Å². The molecule has 1 aromatic heterocycles. The molecule has 0 unspecified atom stereocenters. The zero-order chi connectivity index (χ0) is 25.4. The standard InChI is InChI=1S/C24H28N4O6S/c1-24(2,3)28-23(30)19-14-27(21(22(29)26-31)13-20(19)25-28)35(32,33)18-11-9-17(10-12-18)34-15-16-7-5-4-6-8-16/h4-12,21,25,31H,13-15H2,1-3H3,(H,26,29)/t21-/m1/s1. The van der Waals surface area contributed by atoms with Gasteiger partial charge in [0.1, 0.15) is 18.4 Å². The van der Waals surface area contributed by atoms with Gasteiger partial charge in [-0.25, -0.2) is 18.6 Å². The maximum absolute atomic E-state index is 13.5. The molecular weight excluding hydrogens is 472 g/mol. The molecule has 186 valence electrons. The van der Waals surface area contributed by atoms with Crippen LogP contribution in [0.15, 0.2) is 64.3 Å². The van der Waals surface area contributed by atoms with Gasteiger partial charge in [0.2, 0.25) is 10.0 Å².